The van der Waals surface area contributed by atoms with Crippen LogP contribution in [0.2, 0.25) is 0 Å². The molecule has 1 aliphatic heterocycles. The van der Waals surface area contributed by atoms with Crippen LogP contribution in [0.3, 0.4) is 0 Å². The molecule has 23 heavy (non-hydrogen) atoms. The second-order valence-corrected chi connectivity index (χ2v) is 7.15. The zero-order valence-electron chi connectivity index (χ0n) is 13.7. The van der Waals surface area contributed by atoms with E-state index in [1.165, 1.54) is 0 Å². The average Bonchev–Trinajstić information content (AvgIpc) is 3.30. The lowest BCUT2D eigenvalue weighted by atomic mass is 9.91. The number of amides is 1. The number of hydrogen-bond donors (Lipinski definition) is 2. The molecule has 1 heterocycles. The lowest BCUT2D eigenvalue weighted by Gasteiger charge is -2.37. The molecule has 1 amide bonds. The number of hydrogen-bond acceptors (Lipinski definition) is 3. The first-order chi connectivity index (χ1) is 10.9. The Morgan fingerprint density at radius 3 is 2.39 bits per heavy atom. The third kappa shape index (κ3) is 3.66. The van der Waals surface area contributed by atoms with E-state index < -0.39 is 5.97 Å². The topological polar surface area (TPSA) is 69.6 Å². The third-order valence-corrected chi connectivity index (χ3v) is 4.65. The summed E-state index contributed by atoms with van der Waals surface area (Å²) in [6.45, 7) is 6.10. The SMILES string of the molecule is C[C@H]1C[C@H](C)CN(c2cc(NC(=O)C3CC3)ccc2C(=O)O)C1. The van der Waals surface area contributed by atoms with Crippen LogP contribution in [-0.4, -0.2) is 30.1 Å². The van der Waals surface area contributed by atoms with Crippen molar-refractivity contribution in [3.05, 3.63) is 23.8 Å². The molecular weight excluding hydrogens is 292 g/mol. The van der Waals surface area contributed by atoms with Crippen LogP contribution in [0, 0.1) is 17.8 Å². The van der Waals surface area contributed by atoms with Crippen LogP contribution in [0.1, 0.15) is 43.5 Å². The zero-order chi connectivity index (χ0) is 16.6. The predicted octanol–water partition coefficient (Wildman–Crippen LogP) is 3.22. The molecule has 2 aliphatic rings. The van der Waals surface area contributed by atoms with Gasteiger partial charge in [0.05, 0.1) is 11.3 Å². The number of anilines is 2. The van der Waals surface area contributed by atoms with Gasteiger partial charge in [-0.05, 0) is 49.3 Å². The van der Waals surface area contributed by atoms with E-state index in [0.29, 0.717) is 28.8 Å². The van der Waals surface area contributed by atoms with Gasteiger partial charge in [-0.2, -0.15) is 0 Å². The molecule has 0 unspecified atom stereocenters. The zero-order valence-corrected chi connectivity index (χ0v) is 13.7. The second kappa shape index (κ2) is 6.22. The molecule has 0 aromatic heterocycles. The summed E-state index contributed by atoms with van der Waals surface area (Å²) >= 11 is 0. The molecule has 124 valence electrons. The minimum atomic E-state index is -0.925. The fraction of sp³-hybridized carbons (Fsp3) is 0.556. The van der Waals surface area contributed by atoms with Gasteiger partial charge in [0.1, 0.15) is 0 Å². The van der Waals surface area contributed by atoms with Crippen molar-refractivity contribution in [1.29, 1.82) is 0 Å². The summed E-state index contributed by atoms with van der Waals surface area (Å²) in [7, 11) is 0. The van der Waals surface area contributed by atoms with Gasteiger partial charge in [-0.25, -0.2) is 4.79 Å². The van der Waals surface area contributed by atoms with Crippen molar-refractivity contribution >= 4 is 23.3 Å². The van der Waals surface area contributed by atoms with E-state index in [0.717, 1.165) is 32.4 Å². The number of rotatable bonds is 4. The molecule has 0 spiro atoms. The van der Waals surface area contributed by atoms with E-state index in [1.807, 2.05) is 6.07 Å². The van der Waals surface area contributed by atoms with E-state index >= 15 is 0 Å². The summed E-state index contributed by atoms with van der Waals surface area (Å²) in [6.07, 6.45) is 3.07. The highest BCUT2D eigenvalue weighted by Gasteiger charge is 2.30. The molecule has 5 heteroatoms. The molecule has 1 saturated carbocycles. The minimum absolute atomic E-state index is 0.0411. The highest BCUT2D eigenvalue weighted by Crippen LogP contribution is 2.33. The molecule has 2 N–H and O–H groups in total. The van der Waals surface area contributed by atoms with Crippen LogP contribution in [0.25, 0.3) is 0 Å². The Morgan fingerprint density at radius 1 is 1.17 bits per heavy atom. The van der Waals surface area contributed by atoms with Crippen LogP contribution in [0.4, 0.5) is 11.4 Å². The third-order valence-electron chi connectivity index (χ3n) is 4.65. The number of aromatic carboxylic acids is 1. The second-order valence-electron chi connectivity index (χ2n) is 7.15. The van der Waals surface area contributed by atoms with Gasteiger partial charge in [-0.1, -0.05) is 13.8 Å². The molecule has 1 aromatic carbocycles. The number of carbonyl (C=O) groups is 2. The summed E-state index contributed by atoms with van der Waals surface area (Å²) in [6, 6.07) is 5.10. The first-order valence-corrected chi connectivity index (χ1v) is 8.37. The van der Waals surface area contributed by atoms with Crippen LogP contribution in [-0.2, 0) is 4.79 Å². The molecule has 3 rings (SSSR count). The van der Waals surface area contributed by atoms with E-state index in [1.54, 1.807) is 12.1 Å². The number of nitrogens with zero attached hydrogens (tertiary/aromatic N) is 1. The van der Waals surface area contributed by atoms with Crippen LogP contribution in [0.5, 0.6) is 0 Å². The number of benzene rings is 1. The first kappa shape index (κ1) is 15.8. The maximum atomic E-state index is 11.9. The molecule has 2 fully saturated rings. The van der Waals surface area contributed by atoms with Crippen LogP contribution < -0.4 is 10.2 Å². The van der Waals surface area contributed by atoms with E-state index in [2.05, 4.69) is 24.1 Å². The van der Waals surface area contributed by atoms with E-state index in [4.69, 9.17) is 0 Å². The first-order valence-electron chi connectivity index (χ1n) is 8.37. The van der Waals surface area contributed by atoms with Crippen molar-refractivity contribution < 1.29 is 14.7 Å². The summed E-state index contributed by atoms with van der Waals surface area (Å²) < 4.78 is 0. The van der Waals surface area contributed by atoms with Crippen molar-refractivity contribution in [3.63, 3.8) is 0 Å². The Balaban J connectivity index is 1.88. The largest absolute Gasteiger partial charge is 0.478 e. The Hall–Kier alpha value is -2.04. The quantitative estimate of drug-likeness (QED) is 0.895. The highest BCUT2D eigenvalue weighted by molar-refractivity contribution is 5.98. The van der Waals surface area contributed by atoms with Crippen molar-refractivity contribution in [2.75, 3.05) is 23.3 Å². The van der Waals surface area contributed by atoms with Gasteiger partial charge in [0.25, 0.3) is 0 Å². The summed E-state index contributed by atoms with van der Waals surface area (Å²) in [5.74, 6) is 0.313. The average molecular weight is 316 g/mol. The van der Waals surface area contributed by atoms with Crippen LogP contribution in [0.15, 0.2) is 18.2 Å². The molecule has 5 nitrogen and oxygen atoms in total. The highest BCUT2D eigenvalue weighted by atomic mass is 16.4. The van der Waals surface area contributed by atoms with Crippen molar-refractivity contribution in [2.45, 2.75) is 33.1 Å². The van der Waals surface area contributed by atoms with Gasteiger partial charge in [0.15, 0.2) is 0 Å². The maximum Gasteiger partial charge on any atom is 0.337 e. The minimum Gasteiger partial charge on any atom is -0.478 e. The van der Waals surface area contributed by atoms with Gasteiger partial charge >= 0.3 is 5.97 Å². The number of carboxylic acid groups (broad SMARTS) is 1. The smallest absolute Gasteiger partial charge is 0.337 e. The Kier molecular flexibility index (Phi) is 4.28. The molecule has 1 aromatic rings. The number of nitrogens with one attached hydrogen (secondary N) is 1. The van der Waals surface area contributed by atoms with Gasteiger partial charge in [-0.15, -0.1) is 0 Å². The van der Waals surface area contributed by atoms with Gasteiger partial charge in [0.2, 0.25) is 5.91 Å². The van der Waals surface area contributed by atoms with Crippen molar-refractivity contribution in [1.82, 2.24) is 0 Å². The molecular formula is C18H24N2O3. The molecule has 0 bridgehead atoms. The summed E-state index contributed by atoms with van der Waals surface area (Å²) in [4.78, 5) is 25.7. The van der Waals surface area contributed by atoms with Gasteiger partial charge in [-0.3, -0.25) is 4.79 Å². The van der Waals surface area contributed by atoms with Crippen LogP contribution >= 0.6 is 0 Å². The molecule has 2 atom stereocenters. The van der Waals surface area contributed by atoms with E-state index in [9.17, 15) is 14.7 Å². The van der Waals surface area contributed by atoms with Crippen molar-refractivity contribution in [2.24, 2.45) is 17.8 Å². The fourth-order valence-corrected chi connectivity index (χ4v) is 3.50. The monoisotopic (exact) mass is 316 g/mol. The summed E-state index contributed by atoms with van der Waals surface area (Å²) in [5.41, 5.74) is 1.70. The molecule has 1 aliphatic carbocycles. The fourth-order valence-electron chi connectivity index (χ4n) is 3.50. The lowest BCUT2D eigenvalue weighted by molar-refractivity contribution is -0.117. The maximum absolute atomic E-state index is 11.9. The molecule has 0 radical (unpaired) electrons. The predicted molar refractivity (Wildman–Crippen MR) is 89.9 cm³/mol. The van der Waals surface area contributed by atoms with Gasteiger partial charge < -0.3 is 15.3 Å². The number of carbonyl (C=O) groups excluding carboxylic acids is 1. The Morgan fingerprint density at radius 2 is 1.83 bits per heavy atom. The van der Waals surface area contributed by atoms with Gasteiger partial charge in [0, 0.05) is 24.7 Å². The number of carboxylic acids is 1. The normalized spacial score (nSPS) is 24.3. The molecule has 1 saturated heterocycles. The van der Waals surface area contributed by atoms with Crippen molar-refractivity contribution in [3.8, 4) is 0 Å². The number of piperidine rings is 1. The summed E-state index contributed by atoms with van der Waals surface area (Å²) in [5, 5.41) is 12.4. The Labute approximate surface area is 136 Å². The standard InChI is InChI=1S/C18H24N2O3/c1-11-7-12(2)10-20(9-11)16-8-14(5-6-15(16)18(22)23)19-17(21)13-3-4-13/h5-6,8,11-13H,3-4,7,9-10H2,1-2H3,(H,19,21)(H,22,23)/t11-,12-/m0/s1. The lowest BCUT2D eigenvalue weighted by Crippen LogP contribution is -2.39. The van der Waals surface area contributed by atoms with E-state index in [-0.39, 0.29) is 11.8 Å². The Bertz CT molecular complexity index is 615.